The van der Waals surface area contributed by atoms with Crippen molar-refractivity contribution in [3.63, 3.8) is 0 Å². The molecule has 0 spiro atoms. The fraction of sp³-hybridized carbons (Fsp3) is 0.562. The Morgan fingerprint density at radius 1 is 1.15 bits per heavy atom. The molecule has 2 N–H and O–H groups in total. The molecule has 4 nitrogen and oxygen atoms in total. The number of phenols is 1. The van der Waals surface area contributed by atoms with Crippen LogP contribution in [0, 0.1) is 5.92 Å². The summed E-state index contributed by atoms with van der Waals surface area (Å²) in [5.41, 5.74) is 1.20. The first kappa shape index (κ1) is 13.4. The van der Waals surface area contributed by atoms with E-state index < -0.39 is 0 Å². The summed E-state index contributed by atoms with van der Waals surface area (Å²) in [5, 5.41) is 12.7. The smallest absolute Gasteiger partial charge is 0.183 e. The van der Waals surface area contributed by atoms with Crippen molar-refractivity contribution >= 4 is 5.90 Å². The molecule has 0 saturated carbocycles. The van der Waals surface area contributed by atoms with Crippen LogP contribution >= 0.6 is 0 Å². The normalized spacial score (nSPS) is 23.4. The Labute approximate surface area is 119 Å². The molecule has 0 radical (unpaired) electrons. The highest BCUT2D eigenvalue weighted by molar-refractivity contribution is 5.78. The minimum absolute atomic E-state index is 0.233. The number of benzene rings is 1. The van der Waals surface area contributed by atoms with Gasteiger partial charge in [-0.25, -0.2) is 4.99 Å². The zero-order valence-corrected chi connectivity index (χ0v) is 11.7. The molecular formula is C16H22N2O2. The molecule has 2 aliphatic rings. The Bertz CT molecular complexity index is 464. The second-order valence-corrected chi connectivity index (χ2v) is 5.76. The maximum atomic E-state index is 9.28. The third-order valence-electron chi connectivity index (χ3n) is 4.10. The fourth-order valence-corrected chi connectivity index (χ4v) is 2.92. The van der Waals surface area contributed by atoms with Gasteiger partial charge >= 0.3 is 0 Å². The van der Waals surface area contributed by atoms with Crippen LogP contribution in [0.3, 0.4) is 0 Å². The molecule has 3 rings (SSSR count). The van der Waals surface area contributed by atoms with Crippen LogP contribution in [0.1, 0.15) is 24.8 Å². The lowest BCUT2D eigenvalue weighted by Gasteiger charge is -2.21. The summed E-state index contributed by atoms with van der Waals surface area (Å²) in [6.07, 6.45) is 4.33. The Morgan fingerprint density at radius 2 is 1.90 bits per heavy atom. The molecule has 108 valence electrons. The van der Waals surface area contributed by atoms with Crippen LogP contribution < -0.4 is 5.32 Å². The number of aromatic hydroxyl groups is 1. The molecule has 2 heterocycles. The van der Waals surface area contributed by atoms with Crippen LogP contribution in [0.4, 0.5) is 0 Å². The highest BCUT2D eigenvalue weighted by Crippen LogP contribution is 2.21. The molecule has 1 atom stereocenters. The topological polar surface area (TPSA) is 53.9 Å². The van der Waals surface area contributed by atoms with Gasteiger partial charge in [0.1, 0.15) is 12.4 Å². The van der Waals surface area contributed by atoms with E-state index in [1.54, 1.807) is 12.1 Å². The third-order valence-corrected chi connectivity index (χ3v) is 4.10. The van der Waals surface area contributed by atoms with Crippen molar-refractivity contribution in [2.75, 3.05) is 19.7 Å². The lowest BCUT2D eigenvalue weighted by Crippen LogP contribution is -2.28. The van der Waals surface area contributed by atoms with Gasteiger partial charge in [0.25, 0.3) is 0 Å². The van der Waals surface area contributed by atoms with Crippen LogP contribution in [0.5, 0.6) is 5.75 Å². The van der Waals surface area contributed by atoms with Gasteiger partial charge in [-0.3, -0.25) is 0 Å². The largest absolute Gasteiger partial charge is 0.508 e. The molecule has 0 bridgehead atoms. The number of hydrogen-bond donors (Lipinski definition) is 2. The van der Waals surface area contributed by atoms with E-state index in [4.69, 9.17) is 9.73 Å². The first-order valence-corrected chi connectivity index (χ1v) is 7.48. The summed E-state index contributed by atoms with van der Waals surface area (Å²) >= 11 is 0. The molecule has 1 aromatic carbocycles. The molecule has 0 aliphatic carbocycles. The van der Waals surface area contributed by atoms with Gasteiger partial charge in [0, 0.05) is 6.42 Å². The zero-order valence-electron chi connectivity index (χ0n) is 11.7. The van der Waals surface area contributed by atoms with Gasteiger partial charge in [-0.15, -0.1) is 0 Å². The lowest BCUT2D eigenvalue weighted by atomic mass is 9.95. The third kappa shape index (κ3) is 3.51. The summed E-state index contributed by atoms with van der Waals surface area (Å²) in [6.45, 7) is 2.94. The van der Waals surface area contributed by atoms with E-state index in [2.05, 4.69) is 5.32 Å². The molecule has 1 unspecified atom stereocenters. The number of rotatable bonds is 4. The number of ether oxygens (including phenoxy) is 1. The minimum atomic E-state index is 0.233. The molecule has 0 amide bonds. The van der Waals surface area contributed by atoms with Gasteiger partial charge in [0.2, 0.25) is 0 Å². The number of aliphatic imine (C=N–C) groups is 1. The zero-order chi connectivity index (χ0) is 13.8. The highest BCUT2D eigenvalue weighted by atomic mass is 16.5. The maximum absolute atomic E-state index is 9.28. The van der Waals surface area contributed by atoms with Gasteiger partial charge in [-0.2, -0.15) is 0 Å². The summed E-state index contributed by atoms with van der Waals surface area (Å²) < 4.78 is 5.74. The number of nitrogens with one attached hydrogen (secondary N) is 1. The van der Waals surface area contributed by atoms with E-state index in [1.807, 2.05) is 12.1 Å². The first-order valence-electron chi connectivity index (χ1n) is 7.48. The number of hydrogen-bond acceptors (Lipinski definition) is 4. The molecule has 2 aliphatic heterocycles. The molecule has 4 heteroatoms. The lowest BCUT2D eigenvalue weighted by molar-refractivity contribution is 0.292. The van der Waals surface area contributed by atoms with Crippen molar-refractivity contribution in [2.24, 2.45) is 10.9 Å². The Kier molecular flexibility index (Phi) is 4.21. The van der Waals surface area contributed by atoms with Crippen molar-refractivity contribution in [2.45, 2.75) is 31.7 Å². The monoisotopic (exact) mass is 274 g/mol. The number of nitrogens with zero attached hydrogens (tertiary/aromatic N) is 1. The first-order chi connectivity index (χ1) is 9.79. The Morgan fingerprint density at radius 3 is 2.65 bits per heavy atom. The van der Waals surface area contributed by atoms with Crippen LogP contribution in [0.25, 0.3) is 0 Å². The highest BCUT2D eigenvalue weighted by Gasteiger charge is 2.23. The Hall–Kier alpha value is -1.55. The van der Waals surface area contributed by atoms with Crippen LogP contribution in [0.2, 0.25) is 0 Å². The van der Waals surface area contributed by atoms with Crippen molar-refractivity contribution in [1.29, 1.82) is 0 Å². The van der Waals surface area contributed by atoms with Crippen molar-refractivity contribution < 1.29 is 9.84 Å². The van der Waals surface area contributed by atoms with Crippen LogP contribution in [-0.4, -0.2) is 36.7 Å². The average molecular weight is 274 g/mol. The second-order valence-electron chi connectivity index (χ2n) is 5.76. The molecule has 1 aromatic rings. The minimum Gasteiger partial charge on any atom is -0.508 e. The van der Waals surface area contributed by atoms with E-state index >= 15 is 0 Å². The molecule has 1 saturated heterocycles. The second kappa shape index (κ2) is 6.27. The molecule has 1 fully saturated rings. The van der Waals surface area contributed by atoms with E-state index in [0.717, 1.165) is 37.7 Å². The SMILES string of the molecule is Oc1ccc(CC2COC(CC3CCNCC3)=N2)cc1. The summed E-state index contributed by atoms with van der Waals surface area (Å²) in [4.78, 5) is 4.71. The quantitative estimate of drug-likeness (QED) is 0.884. The van der Waals surface area contributed by atoms with E-state index in [1.165, 1.54) is 18.4 Å². The number of piperidine rings is 1. The van der Waals surface area contributed by atoms with E-state index in [9.17, 15) is 5.11 Å². The van der Waals surface area contributed by atoms with Gasteiger partial charge in [0.15, 0.2) is 5.90 Å². The predicted octanol–water partition coefficient (Wildman–Crippen LogP) is 2.12. The summed E-state index contributed by atoms with van der Waals surface area (Å²) in [7, 11) is 0. The van der Waals surface area contributed by atoms with Crippen LogP contribution in [-0.2, 0) is 11.2 Å². The fourth-order valence-electron chi connectivity index (χ4n) is 2.92. The molecule has 20 heavy (non-hydrogen) atoms. The summed E-state index contributed by atoms with van der Waals surface area (Å²) in [6, 6.07) is 7.59. The van der Waals surface area contributed by atoms with Gasteiger partial charge in [0.05, 0.1) is 6.04 Å². The number of phenolic OH excluding ortho intramolecular Hbond substituents is 1. The van der Waals surface area contributed by atoms with E-state index in [-0.39, 0.29) is 6.04 Å². The van der Waals surface area contributed by atoms with Gasteiger partial charge in [-0.1, -0.05) is 12.1 Å². The van der Waals surface area contributed by atoms with Gasteiger partial charge < -0.3 is 15.2 Å². The van der Waals surface area contributed by atoms with Crippen molar-refractivity contribution in [1.82, 2.24) is 5.32 Å². The predicted molar refractivity (Wildman–Crippen MR) is 79.2 cm³/mol. The molecule has 0 aromatic heterocycles. The summed E-state index contributed by atoms with van der Waals surface area (Å²) in [5.74, 6) is 1.98. The van der Waals surface area contributed by atoms with Gasteiger partial charge in [-0.05, 0) is 56.0 Å². The van der Waals surface area contributed by atoms with Crippen molar-refractivity contribution in [3.05, 3.63) is 29.8 Å². The Balaban J connectivity index is 1.53. The molecular weight excluding hydrogens is 252 g/mol. The average Bonchev–Trinajstić information content (AvgIpc) is 2.90. The van der Waals surface area contributed by atoms with E-state index in [0.29, 0.717) is 12.4 Å². The van der Waals surface area contributed by atoms with Crippen LogP contribution in [0.15, 0.2) is 29.3 Å². The standard InChI is InChI=1S/C16H22N2O2/c19-15-3-1-12(2-4-15)9-14-11-20-16(18-14)10-13-5-7-17-8-6-13/h1-4,13-14,17,19H,5-11H2. The van der Waals surface area contributed by atoms with Crippen molar-refractivity contribution in [3.8, 4) is 5.75 Å². The maximum Gasteiger partial charge on any atom is 0.183 e.